The van der Waals surface area contributed by atoms with Crippen molar-refractivity contribution in [3.05, 3.63) is 65.2 Å². The lowest BCUT2D eigenvalue weighted by molar-refractivity contribution is -0.139. The number of ether oxygens (including phenoxy) is 1. The molecule has 0 saturated heterocycles. The van der Waals surface area contributed by atoms with Gasteiger partial charge in [-0.15, -0.1) is 0 Å². The molecule has 0 radical (unpaired) electrons. The van der Waals surface area contributed by atoms with Crippen LogP contribution in [0.2, 0.25) is 0 Å². The Morgan fingerprint density at radius 3 is 2.62 bits per heavy atom. The Kier molecular flexibility index (Phi) is 5.95. The lowest BCUT2D eigenvalue weighted by Crippen LogP contribution is -2.27. The molecule has 2 rings (SSSR count). The summed E-state index contributed by atoms with van der Waals surface area (Å²) >= 11 is 0. The van der Waals surface area contributed by atoms with Gasteiger partial charge in [0.05, 0.1) is 5.92 Å². The highest BCUT2D eigenvalue weighted by molar-refractivity contribution is 5.83. The van der Waals surface area contributed by atoms with E-state index < -0.39 is 5.97 Å². The van der Waals surface area contributed by atoms with Gasteiger partial charge >= 0.3 is 5.97 Å². The van der Waals surface area contributed by atoms with Crippen LogP contribution in [0.4, 0.5) is 0 Å². The fraction of sp³-hybridized carbons (Fsp3) is 0.263. The Labute approximate surface area is 141 Å². The van der Waals surface area contributed by atoms with Crippen LogP contribution >= 0.6 is 0 Å². The van der Waals surface area contributed by atoms with E-state index in [2.05, 4.69) is 5.32 Å². The average molecular weight is 327 g/mol. The first-order chi connectivity index (χ1) is 11.5. The second-order valence-corrected chi connectivity index (χ2v) is 5.68. The van der Waals surface area contributed by atoms with E-state index in [9.17, 15) is 9.59 Å². The number of carbonyl (C=O) groups excluding carboxylic acids is 1. The van der Waals surface area contributed by atoms with Gasteiger partial charge in [-0.2, -0.15) is 0 Å². The minimum Gasteiger partial charge on any atom is -0.482 e. The van der Waals surface area contributed by atoms with Crippen molar-refractivity contribution in [2.24, 2.45) is 0 Å². The summed E-state index contributed by atoms with van der Waals surface area (Å²) in [5, 5.41) is 11.5. The van der Waals surface area contributed by atoms with Crippen LogP contribution in [0.1, 0.15) is 29.5 Å². The molecule has 0 fully saturated rings. The molecule has 0 spiro atoms. The zero-order chi connectivity index (χ0) is 17.5. The summed E-state index contributed by atoms with van der Waals surface area (Å²) in [6, 6.07) is 14.9. The number of aliphatic carboxylic acids is 1. The predicted octanol–water partition coefficient (Wildman–Crippen LogP) is 2.88. The minimum absolute atomic E-state index is 0.0579. The molecule has 1 atom stereocenters. The monoisotopic (exact) mass is 327 g/mol. The maximum Gasteiger partial charge on any atom is 0.341 e. The number of rotatable bonds is 7. The van der Waals surface area contributed by atoms with Gasteiger partial charge in [-0.1, -0.05) is 42.0 Å². The van der Waals surface area contributed by atoms with Crippen LogP contribution in [0.15, 0.2) is 48.5 Å². The molecule has 1 amide bonds. The largest absolute Gasteiger partial charge is 0.482 e. The van der Waals surface area contributed by atoms with E-state index in [1.807, 2.05) is 44.2 Å². The molecule has 0 bridgehead atoms. The fourth-order valence-corrected chi connectivity index (χ4v) is 2.32. The maximum absolute atomic E-state index is 12.3. The highest BCUT2D eigenvalue weighted by Gasteiger charge is 2.14. The molecule has 0 aliphatic carbocycles. The third kappa shape index (κ3) is 5.12. The van der Waals surface area contributed by atoms with E-state index in [0.717, 1.165) is 16.7 Å². The first-order valence-corrected chi connectivity index (χ1v) is 7.73. The summed E-state index contributed by atoms with van der Waals surface area (Å²) in [6.07, 6.45) is 0. The van der Waals surface area contributed by atoms with E-state index in [0.29, 0.717) is 12.3 Å². The van der Waals surface area contributed by atoms with E-state index in [-0.39, 0.29) is 18.4 Å². The number of aryl methyl sites for hydroxylation is 1. The van der Waals surface area contributed by atoms with Crippen molar-refractivity contribution in [3.63, 3.8) is 0 Å². The van der Waals surface area contributed by atoms with Crippen molar-refractivity contribution in [2.75, 3.05) is 6.61 Å². The summed E-state index contributed by atoms with van der Waals surface area (Å²) in [4.78, 5) is 22.8. The van der Waals surface area contributed by atoms with Crippen molar-refractivity contribution < 1.29 is 19.4 Å². The topological polar surface area (TPSA) is 75.6 Å². The van der Waals surface area contributed by atoms with Crippen LogP contribution in [0.25, 0.3) is 0 Å². The first-order valence-electron chi connectivity index (χ1n) is 7.73. The number of amides is 1. The Bertz CT molecular complexity index is 727. The molecule has 0 saturated carbocycles. The molecular formula is C19H21NO4. The average Bonchev–Trinajstić information content (AvgIpc) is 2.57. The number of carboxylic acids is 1. The van der Waals surface area contributed by atoms with Crippen LogP contribution < -0.4 is 10.1 Å². The maximum atomic E-state index is 12.3. The number of hydrogen-bond donors (Lipinski definition) is 2. The van der Waals surface area contributed by atoms with Gasteiger partial charge in [0.25, 0.3) is 0 Å². The highest BCUT2D eigenvalue weighted by atomic mass is 16.5. The number of nitrogens with one attached hydrogen (secondary N) is 1. The lowest BCUT2D eigenvalue weighted by Gasteiger charge is -2.13. The van der Waals surface area contributed by atoms with Crippen molar-refractivity contribution >= 4 is 11.9 Å². The van der Waals surface area contributed by atoms with E-state index in [1.165, 1.54) is 0 Å². The SMILES string of the molecule is Cc1cccc([C@H](C)C(=O)NCc2cccc(OCC(=O)O)c2)c1. The van der Waals surface area contributed by atoms with Gasteiger partial charge < -0.3 is 15.2 Å². The van der Waals surface area contributed by atoms with Crippen LogP contribution in [-0.2, 0) is 16.1 Å². The number of hydrogen-bond acceptors (Lipinski definition) is 3. The standard InChI is InChI=1S/C19H21NO4/c1-13-5-3-7-16(9-13)14(2)19(23)20-11-15-6-4-8-17(10-15)24-12-18(21)22/h3-10,14H,11-12H2,1-2H3,(H,20,23)(H,21,22)/t14-/m0/s1. The molecule has 2 aromatic carbocycles. The molecule has 2 N–H and O–H groups in total. The van der Waals surface area contributed by atoms with Crippen LogP contribution in [0, 0.1) is 6.92 Å². The quantitative estimate of drug-likeness (QED) is 0.820. The smallest absolute Gasteiger partial charge is 0.341 e. The molecule has 126 valence electrons. The van der Waals surface area contributed by atoms with Crippen molar-refractivity contribution in [1.29, 1.82) is 0 Å². The summed E-state index contributed by atoms with van der Waals surface area (Å²) < 4.78 is 5.13. The lowest BCUT2D eigenvalue weighted by atomic mass is 9.98. The summed E-state index contributed by atoms with van der Waals surface area (Å²) in [5.41, 5.74) is 2.95. The zero-order valence-electron chi connectivity index (χ0n) is 13.8. The molecule has 0 aliphatic heterocycles. The molecule has 0 heterocycles. The van der Waals surface area contributed by atoms with Gasteiger partial charge in [-0.3, -0.25) is 4.79 Å². The van der Waals surface area contributed by atoms with Crippen molar-refractivity contribution in [1.82, 2.24) is 5.32 Å². The molecule has 5 heteroatoms. The number of carboxylic acid groups (broad SMARTS) is 1. The van der Waals surface area contributed by atoms with Crippen LogP contribution in [0.3, 0.4) is 0 Å². The summed E-state index contributed by atoms with van der Waals surface area (Å²) in [7, 11) is 0. The summed E-state index contributed by atoms with van der Waals surface area (Å²) in [5.74, 6) is -0.856. The van der Waals surface area contributed by atoms with E-state index in [4.69, 9.17) is 9.84 Å². The zero-order valence-corrected chi connectivity index (χ0v) is 13.8. The van der Waals surface area contributed by atoms with Crippen LogP contribution in [0.5, 0.6) is 5.75 Å². The minimum atomic E-state index is -1.03. The van der Waals surface area contributed by atoms with Crippen LogP contribution in [-0.4, -0.2) is 23.6 Å². The van der Waals surface area contributed by atoms with Gasteiger partial charge in [-0.05, 0) is 37.1 Å². The third-order valence-electron chi connectivity index (χ3n) is 3.66. The fourth-order valence-electron chi connectivity index (χ4n) is 2.32. The van der Waals surface area contributed by atoms with E-state index >= 15 is 0 Å². The van der Waals surface area contributed by atoms with Gasteiger partial charge in [0.15, 0.2) is 6.61 Å². The first kappa shape index (κ1) is 17.5. The van der Waals surface area contributed by atoms with Gasteiger partial charge in [0.2, 0.25) is 5.91 Å². The van der Waals surface area contributed by atoms with Gasteiger partial charge in [-0.25, -0.2) is 4.79 Å². The molecule has 24 heavy (non-hydrogen) atoms. The Morgan fingerprint density at radius 1 is 1.17 bits per heavy atom. The Hall–Kier alpha value is -2.82. The summed E-state index contributed by atoms with van der Waals surface area (Å²) in [6.45, 7) is 3.84. The Balaban J connectivity index is 1.93. The van der Waals surface area contributed by atoms with Gasteiger partial charge in [0, 0.05) is 6.54 Å². The van der Waals surface area contributed by atoms with Crippen molar-refractivity contribution in [3.8, 4) is 5.75 Å². The molecule has 0 unspecified atom stereocenters. The van der Waals surface area contributed by atoms with E-state index in [1.54, 1.807) is 18.2 Å². The normalized spacial score (nSPS) is 11.6. The molecular weight excluding hydrogens is 306 g/mol. The van der Waals surface area contributed by atoms with Crippen molar-refractivity contribution in [2.45, 2.75) is 26.3 Å². The van der Waals surface area contributed by atoms with Gasteiger partial charge in [0.1, 0.15) is 5.75 Å². The molecule has 2 aromatic rings. The molecule has 0 aromatic heterocycles. The number of carbonyl (C=O) groups is 2. The Morgan fingerprint density at radius 2 is 1.92 bits per heavy atom. The molecule has 5 nitrogen and oxygen atoms in total. The number of benzene rings is 2. The second kappa shape index (κ2) is 8.15. The predicted molar refractivity (Wildman–Crippen MR) is 91.0 cm³/mol. The third-order valence-corrected chi connectivity index (χ3v) is 3.66. The highest BCUT2D eigenvalue weighted by Crippen LogP contribution is 2.17. The second-order valence-electron chi connectivity index (χ2n) is 5.68. The molecule has 0 aliphatic rings.